The topological polar surface area (TPSA) is 119 Å². The third-order valence-electron chi connectivity index (χ3n) is 5.65. The molecule has 0 spiro atoms. The van der Waals surface area contributed by atoms with Crippen molar-refractivity contribution < 1.29 is 18.9 Å². The van der Waals surface area contributed by atoms with Crippen LogP contribution in [0.15, 0.2) is 24.5 Å². The molecule has 12 heteroatoms. The highest BCUT2D eigenvalue weighted by molar-refractivity contribution is 6.42. The van der Waals surface area contributed by atoms with Gasteiger partial charge in [0.1, 0.15) is 24.6 Å². The van der Waals surface area contributed by atoms with Gasteiger partial charge in [-0.3, -0.25) is 4.57 Å². The molecule has 2 saturated heterocycles. The Morgan fingerprint density at radius 1 is 1.18 bits per heavy atom. The molecule has 33 heavy (non-hydrogen) atoms. The molecule has 10 nitrogen and oxygen atoms in total. The highest BCUT2D eigenvalue weighted by atomic mass is 35.5. The second-order valence-corrected chi connectivity index (χ2v) is 9.24. The van der Waals surface area contributed by atoms with Gasteiger partial charge < -0.3 is 30.0 Å². The lowest BCUT2D eigenvalue weighted by Crippen LogP contribution is -2.32. The summed E-state index contributed by atoms with van der Waals surface area (Å²) >= 11 is 12.2. The average molecular weight is 495 g/mol. The first-order chi connectivity index (χ1) is 15.8. The van der Waals surface area contributed by atoms with Gasteiger partial charge in [-0.1, -0.05) is 29.3 Å². The van der Waals surface area contributed by atoms with Crippen LogP contribution < -0.4 is 11.1 Å². The van der Waals surface area contributed by atoms with Crippen LogP contribution in [0.2, 0.25) is 10.0 Å². The Labute approximate surface area is 200 Å². The quantitative estimate of drug-likeness (QED) is 0.531. The molecule has 5 rings (SSSR count). The first kappa shape index (κ1) is 22.6. The zero-order valence-corrected chi connectivity index (χ0v) is 19.8. The molecule has 3 aromatic rings. The average Bonchev–Trinajstić information content (AvgIpc) is 3.39. The fourth-order valence-electron chi connectivity index (χ4n) is 4.29. The van der Waals surface area contributed by atoms with Crippen molar-refractivity contribution in [3.8, 4) is 0 Å². The van der Waals surface area contributed by atoms with E-state index in [1.807, 2.05) is 24.5 Å². The number of ether oxygens (including phenoxy) is 4. The summed E-state index contributed by atoms with van der Waals surface area (Å²) in [6, 6.07) is 5.43. The smallest absolute Gasteiger partial charge is 0.207 e. The molecule has 0 unspecified atom stereocenters. The van der Waals surface area contributed by atoms with E-state index in [2.05, 4.69) is 20.3 Å². The number of nitrogens with two attached hydrogens (primary N) is 1. The Kier molecular flexibility index (Phi) is 5.84. The van der Waals surface area contributed by atoms with E-state index in [9.17, 15) is 0 Å². The predicted molar refractivity (Wildman–Crippen MR) is 123 cm³/mol. The number of halogens is 2. The van der Waals surface area contributed by atoms with E-state index in [0.717, 1.165) is 5.56 Å². The minimum Gasteiger partial charge on any atom is -0.382 e. The van der Waals surface area contributed by atoms with Crippen molar-refractivity contribution in [1.29, 1.82) is 0 Å². The van der Waals surface area contributed by atoms with Crippen LogP contribution in [-0.2, 0) is 25.5 Å². The van der Waals surface area contributed by atoms with Crippen molar-refractivity contribution in [2.45, 2.75) is 50.7 Å². The Hall–Kier alpha value is -2.21. The first-order valence-electron chi connectivity index (χ1n) is 10.4. The van der Waals surface area contributed by atoms with Gasteiger partial charge in [0, 0.05) is 13.7 Å². The Balaban J connectivity index is 1.54. The predicted octanol–water partition coefficient (Wildman–Crippen LogP) is 3.39. The van der Waals surface area contributed by atoms with Crippen LogP contribution in [0.5, 0.6) is 0 Å². The van der Waals surface area contributed by atoms with Crippen LogP contribution in [0.25, 0.3) is 11.2 Å². The molecule has 4 heterocycles. The molecule has 2 aliphatic rings. The minimum absolute atomic E-state index is 0.267. The SMILES string of the molecule is COC[C@H]1O[C@@H](n2c(NCc3ccc(Cl)c(Cl)c3)nc3c(N)ncnc32)[C@@H]2OC(C)(C)O[C@@H]21. The maximum atomic E-state index is 6.35. The maximum Gasteiger partial charge on any atom is 0.207 e. The Bertz CT molecular complexity index is 1190. The van der Waals surface area contributed by atoms with Gasteiger partial charge in [0.15, 0.2) is 29.0 Å². The van der Waals surface area contributed by atoms with Crippen LogP contribution in [-0.4, -0.2) is 57.3 Å². The molecule has 0 radical (unpaired) electrons. The second-order valence-electron chi connectivity index (χ2n) is 8.42. The molecule has 1 aromatic carbocycles. The number of hydrogen-bond donors (Lipinski definition) is 2. The maximum absolute atomic E-state index is 6.35. The van der Waals surface area contributed by atoms with Crippen LogP contribution in [0.4, 0.5) is 11.8 Å². The molecule has 0 aliphatic carbocycles. The summed E-state index contributed by atoms with van der Waals surface area (Å²) < 4.78 is 25.9. The van der Waals surface area contributed by atoms with Gasteiger partial charge in [0.25, 0.3) is 0 Å². The van der Waals surface area contributed by atoms with Gasteiger partial charge in [-0.25, -0.2) is 15.0 Å². The summed E-state index contributed by atoms with van der Waals surface area (Å²) in [6.07, 6.45) is -0.226. The van der Waals surface area contributed by atoms with E-state index in [0.29, 0.717) is 40.3 Å². The summed E-state index contributed by atoms with van der Waals surface area (Å²) in [4.78, 5) is 13.2. The molecule has 2 aliphatic heterocycles. The van der Waals surface area contributed by atoms with E-state index in [1.54, 1.807) is 19.2 Å². The van der Waals surface area contributed by atoms with Crippen molar-refractivity contribution in [3.05, 3.63) is 40.1 Å². The number of methoxy groups -OCH3 is 1. The van der Waals surface area contributed by atoms with Crippen molar-refractivity contribution >= 4 is 46.1 Å². The van der Waals surface area contributed by atoms with Crippen molar-refractivity contribution in [2.75, 3.05) is 24.8 Å². The van der Waals surface area contributed by atoms with Crippen LogP contribution in [0, 0.1) is 0 Å². The van der Waals surface area contributed by atoms with Gasteiger partial charge in [-0.2, -0.15) is 0 Å². The number of nitrogens with zero attached hydrogens (tertiary/aromatic N) is 4. The summed E-state index contributed by atoms with van der Waals surface area (Å²) in [6.45, 7) is 4.54. The lowest BCUT2D eigenvalue weighted by atomic mass is 10.1. The third kappa shape index (κ3) is 4.11. The van der Waals surface area contributed by atoms with Gasteiger partial charge >= 0.3 is 0 Å². The number of anilines is 2. The van der Waals surface area contributed by atoms with Crippen molar-refractivity contribution in [1.82, 2.24) is 19.5 Å². The van der Waals surface area contributed by atoms with Crippen molar-refractivity contribution in [2.24, 2.45) is 0 Å². The largest absolute Gasteiger partial charge is 0.382 e. The summed E-state index contributed by atoms with van der Waals surface area (Å²) in [5.74, 6) is 0.00291. The summed E-state index contributed by atoms with van der Waals surface area (Å²) in [7, 11) is 1.62. The number of nitrogens with one attached hydrogen (secondary N) is 1. The second kappa shape index (κ2) is 8.53. The van der Waals surface area contributed by atoms with Gasteiger partial charge in [-0.05, 0) is 31.5 Å². The normalized spacial score (nSPS) is 26.1. The summed E-state index contributed by atoms with van der Waals surface area (Å²) in [5.41, 5.74) is 8.01. The van der Waals surface area contributed by atoms with Gasteiger partial charge in [-0.15, -0.1) is 0 Å². The number of rotatable bonds is 6. The molecule has 4 atom stereocenters. The van der Waals surface area contributed by atoms with E-state index in [-0.39, 0.29) is 18.0 Å². The number of aromatic nitrogens is 4. The van der Waals surface area contributed by atoms with Gasteiger partial charge in [0.2, 0.25) is 5.95 Å². The lowest BCUT2D eigenvalue weighted by Gasteiger charge is -2.25. The Morgan fingerprint density at radius 2 is 1.97 bits per heavy atom. The fourth-order valence-corrected chi connectivity index (χ4v) is 4.61. The monoisotopic (exact) mass is 494 g/mol. The van der Waals surface area contributed by atoms with Crippen LogP contribution in [0.3, 0.4) is 0 Å². The number of benzene rings is 1. The zero-order chi connectivity index (χ0) is 23.3. The van der Waals surface area contributed by atoms with E-state index in [1.165, 1.54) is 6.33 Å². The molecule has 176 valence electrons. The van der Waals surface area contributed by atoms with E-state index in [4.69, 9.17) is 47.9 Å². The molecule has 0 saturated carbocycles. The van der Waals surface area contributed by atoms with Crippen molar-refractivity contribution in [3.63, 3.8) is 0 Å². The molecular formula is C21H24Cl2N6O4. The minimum atomic E-state index is -0.763. The molecule has 2 fully saturated rings. The van der Waals surface area contributed by atoms with Crippen LogP contribution in [0.1, 0.15) is 25.6 Å². The molecular weight excluding hydrogens is 471 g/mol. The molecule has 0 bridgehead atoms. The standard InChI is InChI=1S/C21H24Cl2N6O4/c1-21(2)32-15-13(8-30-3)31-19(16(15)33-21)29-18-14(17(24)26-9-27-18)28-20(29)25-7-10-4-5-11(22)12(23)6-10/h4-6,9,13,15-16,19H,7-8H2,1-3H3,(H,25,28)(H2,24,26,27)/t13-,15-,16-,19-/m1/s1. The Morgan fingerprint density at radius 3 is 2.73 bits per heavy atom. The lowest BCUT2D eigenvalue weighted by molar-refractivity contribution is -0.200. The van der Waals surface area contributed by atoms with Gasteiger partial charge in [0.05, 0.1) is 16.7 Å². The summed E-state index contributed by atoms with van der Waals surface area (Å²) in [5, 5.41) is 4.30. The zero-order valence-electron chi connectivity index (χ0n) is 18.3. The number of hydrogen-bond acceptors (Lipinski definition) is 9. The molecule has 0 amide bonds. The highest BCUT2D eigenvalue weighted by Crippen LogP contribution is 2.45. The number of fused-ring (bicyclic) bond motifs is 2. The number of nitrogen functional groups attached to an aromatic ring is 1. The van der Waals surface area contributed by atoms with Crippen LogP contribution >= 0.6 is 23.2 Å². The number of imidazole rings is 1. The molecule has 2 aromatic heterocycles. The molecule has 3 N–H and O–H groups in total. The van der Waals surface area contributed by atoms with E-state index >= 15 is 0 Å². The third-order valence-corrected chi connectivity index (χ3v) is 6.39. The highest BCUT2D eigenvalue weighted by Gasteiger charge is 2.56. The fraction of sp³-hybridized carbons (Fsp3) is 0.476. The van der Waals surface area contributed by atoms with E-state index < -0.39 is 18.1 Å². The first-order valence-corrected chi connectivity index (χ1v) is 11.2.